The van der Waals surface area contributed by atoms with Crippen LogP contribution in [-0.4, -0.2) is 17.4 Å². The van der Waals surface area contributed by atoms with Crippen LogP contribution in [0.1, 0.15) is 59.3 Å². The first kappa shape index (κ1) is 12.9. The van der Waals surface area contributed by atoms with E-state index in [9.17, 15) is 5.11 Å². The summed E-state index contributed by atoms with van der Waals surface area (Å²) in [6, 6.07) is 0.483. The minimum atomic E-state index is -0.295. The molecule has 0 amide bonds. The number of hydrogen-bond acceptors (Lipinski definition) is 2. The Labute approximate surface area is 82.7 Å². The fraction of sp³-hybridized carbons (Fsp3) is 1.00. The van der Waals surface area contributed by atoms with E-state index in [0.717, 1.165) is 25.7 Å². The van der Waals surface area contributed by atoms with E-state index >= 15 is 0 Å². The van der Waals surface area contributed by atoms with Gasteiger partial charge >= 0.3 is 0 Å². The van der Waals surface area contributed by atoms with Gasteiger partial charge in [-0.15, -0.1) is 0 Å². The molecular weight excluding hydrogens is 162 g/mol. The van der Waals surface area contributed by atoms with Gasteiger partial charge in [0.05, 0.1) is 0 Å². The molecular formula is C11H25NO. The minimum absolute atomic E-state index is 0.295. The molecule has 80 valence electrons. The van der Waals surface area contributed by atoms with Gasteiger partial charge in [0.25, 0.3) is 0 Å². The van der Waals surface area contributed by atoms with Crippen molar-refractivity contribution in [3.05, 3.63) is 0 Å². The Bertz CT molecular complexity index is 102. The smallest absolute Gasteiger partial charge is 0.105 e. The highest BCUT2D eigenvalue weighted by molar-refractivity contribution is 4.64. The summed E-state index contributed by atoms with van der Waals surface area (Å²) < 4.78 is 0. The molecule has 0 saturated heterocycles. The molecule has 0 saturated carbocycles. The van der Waals surface area contributed by atoms with Gasteiger partial charge in [-0.3, -0.25) is 5.32 Å². The van der Waals surface area contributed by atoms with Crippen LogP contribution in [0, 0.1) is 0 Å². The highest BCUT2D eigenvalue weighted by Gasteiger charge is 2.08. The van der Waals surface area contributed by atoms with Gasteiger partial charge in [0.1, 0.15) is 6.23 Å². The van der Waals surface area contributed by atoms with Gasteiger partial charge in [-0.05, 0) is 25.7 Å². The Hall–Kier alpha value is -0.0800. The molecule has 0 aromatic rings. The normalized spacial score (nSPS) is 13.6. The van der Waals surface area contributed by atoms with Gasteiger partial charge in [-0.1, -0.05) is 33.6 Å². The van der Waals surface area contributed by atoms with Crippen LogP contribution in [0.15, 0.2) is 0 Å². The average molecular weight is 187 g/mol. The fourth-order valence-electron chi connectivity index (χ4n) is 1.47. The molecule has 0 aromatic heterocycles. The van der Waals surface area contributed by atoms with Gasteiger partial charge in [-0.2, -0.15) is 0 Å². The molecule has 0 rings (SSSR count). The van der Waals surface area contributed by atoms with Crippen molar-refractivity contribution in [3.8, 4) is 0 Å². The molecule has 0 aromatic carbocycles. The first-order valence-electron chi connectivity index (χ1n) is 5.68. The molecule has 0 spiro atoms. The van der Waals surface area contributed by atoms with Crippen molar-refractivity contribution < 1.29 is 5.11 Å². The third-order valence-electron chi connectivity index (χ3n) is 2.49. The lowest BCUT2D eigenvalue weighted by Gasteiger charge is -2.19. The quantitative estimate of drug-likeness (QED) is 0.452. The zero-order valence-corrected chi connectivity index (χ0v) is 9.34. The highest BCUT2D eigenvalue weighted by atomic mass is 16.3. The van der Waals surface area contributed by atoms with E-state index in [1.54, 1.807) is 0 Å². The van der Waals surface area contributed by atoms with Crippen molar-refractivity contribution in [1.29, 1.82) is 0 Å². The predicted molar refractivity (Wildman–Crippen MR) is 57.7 cm³/mol. The number of nitrogens with one attached hydrogen (secondary N) is 1. The van der Waals surface area contributed by atoms with E-state index in [0.29, 0.717) is 6.04 Å². The Morgan fingerprint density at radius 1 is 1.08 bits per heavy atom. The third-order valence-corrected chi connectivity index (χ3v) is 2.49. The van der Waals surface area contributed by atoms with Gasteiger partial charge in [-0.25, -0.2) is 0 Å². The maximum absolute atomic E-state index is 9.60. The maximum atomic E-state index is 9.60. The molecule has 0 aliphatic heterocycles. The Kier molecular flexibility index (Phi) is 8.46. The van der Waals surface area contributed by atoms with Gasteiger partial charge in [0.2, 0.25) is 0 Å². The van der Waals surface area contributed by atoms with Crippen LogP contribution in [0.3, 0.4) is 0 Å². The molecule has 13 heavy (non-hydrogen) atoms. The Morgan fingerprint density at radius 2 is 1.69 bits per heavy atom. The molecule has 2 N–H and O–H groups in total. The van der Waals surface area contributed by atoms with Crippen LogP contribution < -0.4 is 5.32 Å². The molecule has 0 aliphatic rings. The van der Waals surface area contributed by atoms with E-state index in [2.05, 4.69) is 26.1 Å². The second-order valence-corrected chi connectivity index (χ2v) is 3.69. The van der Waals surface area contributed by atoms with E-state index in [-0.39, 0.29) is 6.23 Å². The zero-order valence-electron chi connectivity index (χ0n) is 9.34. The van der Waals surface area contributed by atoms with Gasteiger partial charge in [0, 0.05) is 6.04 Å². The van der Waals surface area contributed by atoms with Crippen molar-refractivity contribution in [3.63, 3.8) is 0 Å². The van der Waals surface area contributed by atoms with Crippen molar-refractivity contribution in [2.45, 2.75) is 71.6 Å². The Balaban J connectivity index is 3.42. The predicted octanol–water partition coefficient (Wildman–Crippen LogP) is 2.66. The standard InChI is InChI=1S/C11H25NO/c1-4-7-8-9-11(13)12-10(5-2)6-3/h10-13H,4-9H2,1-3H3. The summed E-state index contributed by atoms with van der Waals surface area (Å²) in [6.07, 6.45) is 6.37. The summed E-state index contributed by atoms with van der Waals surface area (Å²) >= 11 is 0. The molecule has 0 heterocycles. The van der Waals surface area contributed by atoms with E-state index < -0.39 is 0 Å². The van der Waals surface area contributed by atoms with Crippen molar-refractivity contribution >= 4 is 0 Å². The van der Waals surface area contributed by atoms with E-state index in [1.165, 1.54) is 12.8 Å². The second-order valence-electron chi connectivity index (χ2n) is 3.69. The summed E-state index contributed by atoms with van der Waals surface area (Å²) in [5.74, 6) is 0. The maximum Gasteiger partial charge on any atom is 0.105 e. The first-order chi connectivity index (χ1) is 6.24. The third kappa shape index (κ3) is 7.03. The van der Waals surface area contributed by atoms with Crippen LogP contribution >= 0.6 is 0 Å². The molecule has 0 fully saturated rings. The highest BCUT2D eigenvalue weighted by Crippen LogP contribution is 2.04. The van der Waals surface area contributed by atoms with Gasteiger partial charge < -0.3 is 5.11 Å². The average Bonchev–Trinajstić information content (AvgIpc) is 2.14. The molecule has 1 atom stereocenters. The number of unbranched alkanes of at least 4 members (excludes halogenated alkanes) is 2. The summed E-state index contributed by atoms with van der Waals surface area (Å²) in [7, 11) is 0. The number of aliphatic hydroxyl groups is 1. The summed E-state index contributed by atoms with van der Waals surface area (Å²) in [6.45, 7) is 6.49. The summed E-state index contributed by atoms with van der Waals surface area (Å²) in [4.78, 5) is 0. The molecule has 2 heteroatoms. The summed E-state index contributed by atoms with van der Waals surface area (Å²) in [5.41, 5.74) is 0. The minimum Gasteiger partial charge on any atom is -0.379 e. The first-order valence-corrected chi connectivity index (χ1v) is 5.68. The molecule has 0 aliphatic carbocycles. The van der Waals surface area contributed by atoms with Crippen LogP contribution in [-0.2, 0) is 0 Å². The van der Waals surface area contributed by atoms with Crippen LogP contribution in [0.5, 0.6) is 0 Å². The zero-order chi connectivity index (χ0) is 10.1. The number of hydrogen-bond donors (Lipinski definition) is 2. The van der Waals surface area contributed by atoms with Crippen LogP contribution in [0.4, 0.5) is 0 Å². The van der Waals surface area contributed by atoms with Crippen LogP contribution in [0.25, 0.3) is 0 Å². The molecule has 0 bridgehead atoms. The van der Waals surface area contributed by atoms with Crippen molar-refractivity contribution in [2.24, 2.45) is 0 Å². The van der Waals surface area contributed by atoms with Crippen molar-refractivity contribution in [1.82, 2.24) is 5.32 Å². The molecule has 1 unspecified atom stereocenters. The lowest BCUT2D eigenvalue weighted by atomic mass is 10.1. The largest absolute Gasteiger partial charge is 0.379 e. The lowest BCUT2D eigenvalue weighted by Crippen LogP contribution is -2.37. The fourth-order valence-corrected chi connectivity index (χ4v) is 1.47. The SMILES string of the molecule is CCCCCC(O)NC(CC)CC. The topological polar surface area (TPSA) is 32.3 Å². The summed E-state index contributed by atoms with van der Waals surface area (Å²) in [5, 5.41) is 12.8. The van der Waals surface area contributed by atoms with Crippen LogP contribution in [0.2, 0.25) is 0 Å². The lowest BCUT2D eigenvalue weighted by molar-refractivity contribution is 0.108. The van der Waals surface area contributed by atoms with Gasteiger partial charge in [0.15, 0.2) is 0 Å². The van der Waals surface area contributed by atoms with E-state index in [4.69, 9.17) is 0 Å². The van der Waals surface area contributed by atoms with E-state index in [1.807, 2.05) is 0 Å². The van der Waals surface area contributed by atoms with Crippen molar-refractivity contribution in [2.75, 3.05) is 0 Å². The number of rotatable bonds is 8. The Morgan fingerprint density at radius 3 is 2.15 bits per heavy atom. The monoisotopic (exact) mass is 187 g/mol. The molecule has 0 radical (unpaired) electrons. The molecule has 2 nitrogen and oxygen atoms in total. The second kappa shape index (κ2) is 8.52. The number of aliphatic hydroxyl groups excluding tert-OH is 1.